The summed E-state index contributed by atoms with van der Waals surface area (Å²) in [6.45, 7) is 8.31. The van der Waals surface area contributed by atoms with Crippen LogP contribution in [0, 0.1) is 20.8 Å². The van der Waals surface area contributed by atoms with Gasteiger partial charge in [0.2, 0.25) is 0 Å². The number of aliphatic imine (C=N–C) groups is 1. The van der Waals surface area contributed by atoms with E-state index in [9.17, 15) is 0 Å². The molecule has 0 radical (unpaired) electrons. The van der Waals surface area contributed by atoms with Crippen molar-refractivity contribution in [1.82, 2.24) is 4.98 Å². The van der Waals surface area contributed by atoms with Gasteiger partial charge in [-0.25, -0.2) is 0 Å². The van der Waals surface area contributed by atoms with Crippen LogP contribution < -0.4 is 0 Å². The standard InChI is InChI=1S/C16H18N2.Ni/c1-11-9-12(2)16(13(3)10-11)18-14(4)15-7-5-6-8-17-15;/h5-10H,1-4H3;. The van der Waals surface area contributed by atoms with Crippen LogP contribution in [0.2, 0.25) is 0 Å². The van der Waals surface area contributed by atoms with Crippen LogP contribution in [0.5, 0.6) is 0 Å². The van der Waals surface area contributed by atoms with E-state index in [4.69, 9.17) is 4.99 Å². The second kappa shape index (κ2) is 6.63. The molecule has 1 aromatic heterocycles. The third-order valence-electron chi connectivity index (χ3n) is 2.95. The molecule has 2 nitrogen and oxygen atoms in total. The van der Waals surface area contributed by atoms with Crippen LogP contribution in [-0.2, 0) is 16.5 Å². The number of hydrogen-bond donors (Lipinski definition) is 0. The summed E-state index contributed by atoms with van der Waals surface area (Å²) in [5, 5.41) is 0. The summed E-state index contributed by atoms with van der Waals surface area (Å²) < 4.78 is 0. The Balaban J connectivity index is 0.00000180. The van der Waals surface area contributed by atoms with E-state index in [1.54, 1.807) is 6.20 Å². The van der Waals surface area contributed by atoms with Crippen LogP contribution in [0.3, 0.4) is 0 Å². The van der Waals surface area contributed by atoms with Crippen LogP contribution in [0.1, 0.15) is 29.3 Å². The van der Waals surface area contributed by atoms with E-state index in [-0.39, 0.29) is 16.5 Å². The average Bonchev–Trinajstić information content (AvgIpc) is 2.34. The number of rotatable bonds is 2. The summed E-state index contributed by atoms with van der Waals surface area (Å²) in [6, 6.07) is 10.2. The molecule has 0 saturated heterocycles. The molecule has 0 amide bonds. The average molecular weight is 297 g/mol. The molecule has 0 aliphatic carbocycles. The topological polar surface area (TPSA) is 25.2 Å². The van der Waals surface area contributed by atoms with Crippen molar-refractivity contribution in [3.8, 4) is 0 Å². The molecule has 0 saturated carbocycles. The van der Waals surface area contributed by atoms with Gasteiger partial charge < -0.3 is 0 Å². The van der Waals surface area contributed by atoms with Crippen molar-refractivity contribution in [2.75, 3.05) is 0 Å². The van der Waals surface area contributed by atoms with E-state index in [1.165, 1.54) is 16.7 Å². The van der Waals surface area contributed by atoms with Crippen LogP contribution in [-0.4, -0.2) is 10.7 Å². The van der Waals surface area contributed by atoms with E-state index >= 15 is 0 Å². The molecular weight excluding hydrogens is 279 g/mol. The van der Waals surface area contributed by atoms with Gasteiger partial charge >= 0.3 is 0 Å². The fraction of sp³-hybridized carbons (Fsp3) is 0.250. The van der Waals surface area contributed by atoms with E-state index in [1.807, 2.05) is 25.1 Å². The van der Waals surface area contributed by atoms with Gasteiger partial charge in [-0.2, -0.15) is 0 Å². The van der Waals surface area contributed by atoms with Crippen molar-refractivity contribution in [3.63, 3.8) is 0 Å². The van der Waals surface area contributed by atoms with Gasteiger partial charge in [-0.3, -0.25) is 9.98 Å². The molecule has 0 aliphatic heterocycles. The van der Waals surface area contributed by atoms with Gasteiger partial charge in [0.25, 0.3) is 0 Å². The molecule has 0 bridgehead atoms. The molecule has 2 aromatic rings. The summed E-state index contributed by atoms with van der Waals surface area (Å²) >= 11 is 0. The third kappa shape index (κ3) is 3.75. The Hall–Kier alpha value is -1.47. The van der Waals surface area contributed by atoms with Crippen molar-refractivity contribution in [2.45, 2.75) is 27.7 Å². The normalized spacial score (nSPS) is 11.1. The Labute approximate surface area is 124 Å². The maximum Gasteiger partial charge on any atom is 0.0841 e. The summed E-state index contributed by atoms with van der Waals surface area (Å²) in [6.07, 6.45) is 1.79. The van der Waals surface area contributed by atoms with Crippen molar-refractivity contribution < 1.29 is 16.5 Å². The third-order valence-corrected chi connectivity index (χ3v) is 2.95. The fourth-order valence-electron chi connectivity index (χ4n) is 2.15. The molecule has 0 fully saturated rings. The summed E-state index contributed by atoms with van der Waals surface area (Å²) in [7, 11) is 0. The molecule has 0 unspecified atom stereocenters. The first kappa shape index (κ1) is 15.6. The Morgan fingerprint density at radius 1 is 1.05 bits per heavy atom. The summed E-state index contributed by atoms with van der Waals surface area (Å²) in [5.74, 6) is 0. The van der Waals surface area contributed by atoms with Gasteiger partial charge in [0.15, 0.2) is 0 Å². The predicted molar refractivity (Wildman–Crippen MR) is 76.8 cm³/mol. The molecule has 102 valence electrons. The van der Waals surface area contributed by atoms with Crippen LogP contribution in [0.4, 0.5) is 5.69 Å². The zero-order chi connectivity index (χ0) is 13.1. The molecule has 3 heteroatoms. The molecule has 2 rings (SSSR count). The number of aryl methyl sites for hydroxylation is 3. The van der Waals surface area contributed by atoms with Gasteiger partial charge in [0.05, 0.1) is 17.1 Å². The number of nitrogens with zero attached hydrogens (tertiary/aromatic N) is 2. The zero-order valence-electron chi connectivity index (χ0n) is 11.7. The predicted octanol–water partition coefficient (Wildman–Crippen LogP) is 4.15. The minimum Gasteiger partial charge on any atom is -0.255 e. The number of aromatic nitrogens is 1. The smallest absolute Gasteiger partial charge is 0.0841 e. The van der Waals surface area contributed by atoms with Crippen LogP contribution in [0.15, 0.2) is 41.5 Å². The second-order valence-corrected chi connectivity index (χ2v) is 4.66. The monoisotopic (exact) mass is 296 g/mol. The van der Waals surface area contributed by atoms with E-state index in [0.29, 0.717) is 0 Å². The molecule has 0 atom stereocenters. The van der Waals surface area contributed by atoms with Gasteiger partial charge in [-0.1, -0.05) is 23.8 Å². The first-order chi connectivity index (χ1) is 8.58. The van der Waals surface area contributed by atoms with Crippen molar-refractivity contribution >= 4 is 11.4 Å². The van der Waals surface area contributed by atoms with Crippen molar-refractivity contribution in [2.24, 2.45) is 4.99 Å². The minimum atomic E-state index is 0. The SMILES string of the molecule is CC(=Nc1c(C)cc(C)cc1C)c1ccccn1.[Ni]. The van der Waals surface area contributed by atoms with Crippen LogP contribution >= 0.6 is 0 Å². The largest absolute Gasteiger partial charge is 0.255 e. The van der Waals surface area contributed by atoms with Gasteiger partial charge in [-0.15, -0.1) is 0 Å². The Morgan fingerprint density at radius 3 is 2.21 bits per heavy atom. The molecular formula is C16H18N2Ni. The Kier molecular flexibility index (Phi) is 5.44. The first-order valence-corrected chi connectivity index (χ1v) is 6.12. The van der Waals surface area contributed by atoms with Gasteiger partial charge in [0, 0.05) is 22.7 Å². The Morgan fingerprint density at radius 2 is 1.68 bits per heavy atom. The summed E-state index contributed by atoms with van der Waals surface area (Å²) in [4.78, 5) is 9.04. The molecule has 1 aromatic carbocycles. The summed E-state index contributed by atoms with van der Waals surface area (Å²) in [5.41, 5.74) is 6.64. The van der Waals surface area contributed by atoms with Crippen molar-refractivity contribution in [3.05, 3.63) is 58.9 Å². The zero-order valence-corrected chi connectivity index (χ0v) is 12.7. The quantitative estimate of drug-likeness (QED) is 0.604. The molecule has 19 heavy (non-hydrogen) atoms. The molecule has 0 spiro atoms. The number of pyridine rings is 1. The number of hydrogen-bond acceptors (Lipinski definition) is 2. The van der Waals surface area contributed by atoms with Gasteiger partial charge in [-0.05, 0) is 51.0 Å². The van der Waals surface area contributed by atoms with E-state index in [2.05, 4.69) is 37.9 Å². The van der Waals surface area contributed by atoms with E-state index < -0.39 is 0 Å². The molecule has 0 N–H and O–H groups in total. The number of benzene rings is 1. The first-order valence-electron chi connectivity index (χ1n) is 6.12. The molecule has 1 heterocycles. The fourth-order valence-corrected chi connectivity index (χ4v) is 2.15. The second-order valence-electron chi connectivity index (χ2n) is 4.66. The maximum atomic E-state index is 4.72. The van der Waals surface area contributed by atoms with Crippen LogP contribution in [0.25, 0.3) is 0 Å². The van der Waals surface area contributed by atoms with Crippen molar-refractivity contribution in [1.29, 1.82) is 0 Å². The Bertz CT molecular complexity index is 566. The minimum absolute atomic E-state index is 0. The maximum absolute atomic E-state index is 4.72. The van der Waals surface area contributed by atoms with Gasteiger partial charge in [0.1, 0.15) is 0 Å². The van der Waals surface area contributed by atoms with E-state index in [0.717, 1.165) is 17.1 Å². The molecule has 0 aliphatic rings.